The molecule has 0 unspecified atom stereocenters. The number of para-hydroxylation sites is 2. The quantitative estimate of drug-likeness (QED) is 0.579. The fourth-order valence-electron chi connectivity index (χ4n) is 4.27. The Kier molecular flexibility index (Phi) is 5.42. The molecule has 0 radical (unpaired) electrons. The summed E-state index contributed by atoms with van der Waals surface area (Å²) in [6, 6.07) is 14.8. The Morgan fingerprint density at radius 3 is 2.61 bits per heavy atom. The summed E-state index contributed by atoms with van der Waals surface area (Å²) in [5.74, 6) is 0.147. The zero-order valence-corrected chi connectivity index (χ0v) is 16.3. The van der Waals surface area contributed by atoms with E-state index in [-0.39, 0.29) is 11.5 Å². The Bertz CT molecular complexity index is 975. The SMILES string of the molecule is CCCN(Cc1nc2ccccc2n1C1CCCC1)C(=O)c1ccccc1F. The lowest BCUT2D eigenvalue weighted by Crippen LogP contribution is -2.33. The van der Waals surface area contributed by atoms with E-state index in [0.29, 0.717) is 19.1 Å². The first kappa shape index (κ1) is 18.7. The highest BCUT2D eigenvalue weighted by atomic mass is 19.1. The van der Waals surface area contributed by atoms with Gasteiger partial charge in [0.15, 0.2) is 0 Å². The first-order valence-corrected chi connectivity index (χ1v) is 10.2. The predicted octanol–water partition coefficient (Wildman–Crippen LogP) is 5.34. The summed E-state index contributed by atoms with van der Waals surface area (Å²) in [6.45, 7) is 2.99. The molecule has 3 aromatic rings. The van der Waals surface area contributed by atoms with E-state index in [2.05, 4.69) is 10.6 Å². The van der Waals surface area contributed by atoms with Gasteiger partial charge >= 0.3 is 0 Å². The summed E-state index contributed by atoms with van der Waals surface area (Å²) in [7, 11) is 0. The van der Waals surface area contributed by atoms with E-state index in [1.54, 1.807) is 23.1 Å². The number of imidazole rings is 1. The molecular weight excluding hydrogens is 353 g/mol. The fraction of sp³-hybridized carbons (Fsp3) is 0.391. The number of nitrogens with zero attached hydrogens (tertiary/aromatic N) is 3. The second kappa shape index (κ2) is 8.13. The third kappa shape index (κ3) is 3.53. The van der Waals surface area contributed by atoms with E-state index in [1.807, 2.05) is 25.1 Å². The van der Waals surface area contributed by atoms with Gasteiger partial charge in [0, 0.05) is 12.6 Å². The molecule has 0 spiro atoms. The van der Waals surface area contributed by atoms with E-state index in [4.69, 9.17) is 4.98 Å². The molecule has 1 aliphatic rings. The van der Waals surface area contributed by atoms with Crippen molar-refractivity contribution in [1.29, 1.82) is 0 Å². The predicted molar refractivity (Wildman–Crippen MR) is 109 cm³/mol. The van der Waals surface area contributed by atoms with Crippen LogP contribution in [0.5, 0.6) is 0 Å². The Morgan fingerprint density at radius 1 is 1.14 bits per heavy atom. The second-order valence-electron chi connectivity index (χ2n) is 7.53. The van der Waals surface area contributed by atoms with Gasteiger partial charge in [0.1, 0.15) is 11.6 Å². The maximum absolute atomic E-state index is 14.2. The number of halogens is 1. The van der Waals surface area contributed by atoms with Crippen LogP contribution in [-0.2, 0) is 6.54 Å². The van der Waals surface area contributed by atoms with Crippen LogP contribution < -0.4 is 0 Å². The van der Waals surface area contributed by atoms with Crippen LogP contribution in [-0.4, -0.2) is 26.9 Å². The molecule has 146 valence electrons. The maximum Gasteiger partial charge on any atom is 0.257 e. The summed E-state index contributed by atoms with van der Waals surface area (Å²) in [6.07, 6.45) is 5.54. The summed E-state index contributed by atoms with van der Waals surface area (Å²) >= 11 is 0. The van der Waals surface area contributed by atoms with E-state index in [0.717, 1.165) is 36.1 Å². The van der Waals surface area contributed by atoms with Crippen LogP contribution >= 0.6 is 0 Å². The molecule has 4 rings (SSSR count). The average molecular weight is 379 g/mol. The van der Waals surface area contributed by atoms with Crippen LogP contribution in [0.1, 0.15) is 61.3 Å². The zero-order valence-electron chi connectivity index (χ0n) is 16.3. The number of amides is 1. The first-order valence-electron chi connectivity index (χ1n) is 10.2. The van der Waals surface area contributed by atoms with E-state index < -0.39 is 5.82 Å². The number of rotatable bonds is 6. The van der Waals surface area contributed by atoms with Crippen LogP contribution in [0.25, 0.3) is 11.0 Å². The van der Waals surface area contributed by atoms with Crippen LogP contribution in [0.4, 0.5) is 4.39 Å². The molecule has 5 heteroatoms. The third-order valence-corrected chi connectivity index (χ3v) is 5.58. The highest BCUT2D eigenvalue weighted by Crippen LogP contribution is 2.34. The fourth-order valence-corrected chi connectivity index (χ4v) is 4.27. The van der Waals surface area contributed by atoms with Crippen molar-refractivity contribution in [2.75, 3.05) is 6.54 Å². The number of carbonyl (C=O) groups is 1. The summed E-state index contributed by atoms with van der Waals surface area (Å²) in [5, 5.41) is 0. The van der Waals surface area contributed by atoms with E-state index in [9.17, 15) is 9.18 Å². The Hall–Kier alpha value is -2.69. The number of aromatic nitrogens is 2. The number of fused-ring (bicyclic) bond motifs is 1. The number of hydrogen-bond acceptors (Lipinski definition) is 2. The lowest BCUT2D eigenvalue weighted by Gasteiger charge is -2.24. The Morgan fingerprint density at radius 2 is 1.86 bits per heavy atom. The molecule has 1 saturated carbocycles. The minimum atomic E-state index is -0.474. The minimum Gasteiger partial charge on any atom is -0.331 e. The Balaban J connectivity index is 1.71. The lowest BCUT2D eigenvalue weighted by atomic mass is 10.1. The number of hydrogen-bond donors (Lipinski definition) is 0. The molecular formula is C23H26FN3O. The van der Waals surface area contributed by atoms with Crippen LogP contribution in [0.2, 0.25) is 0 Å². The van der Waals surface area contributed by atoms with Crippen molar-refractivity contribution in [1.82, 2.24) is 14.5 Å². The van der Waals surface area contributed by atoms with Gasteiger partial charge in [0.25, 0.3) is 5.91 Å². The molecule has 1 fully saturated rings. The van der Waals surface area contributed by atoms with Crippen molar-refractivity contribution < 1.29 is 9.18 Å². The van der Waals surface area contributed by atoms with Gasteiger partial charge in [0.2, 0.25) is 0 Å². The zero-order chi connectivity index (χ0) is 19.5. The molecule has 4 nitrogen and oxygen atoms in total. The average Bonchev–Trinajstić information content (AvgIpc) is 3.34. The normalized spacial score (nSPS) is 14.6. The van der Waals surface area contributed by atoms with Crippen molar-refractivity contribution in [3.8, 4) is 0 Å². The Labute approximate surface area is 165 Å². The number of carbonyl (C=O) groups excluding carboxylic acids is 1. The standard InChI is InChI=1S/C23H26FN3O/c1-2-15-26(23(28)18-11-5-6-12-19(18)24)16-22-25-20-13-7-8-14-21(20)27(22)17-9-3-4-10-17/h5-8,11-14,17H,2-4,9-10,15-16H2,1H3. The van der Waals surface area contributed by atoms with Gasteiger partial charge in [-0.2, -0.15) is 0 Å². The second-order valence-corrected chi connectivity index (χ2v) is 7.53. The molecule has 28 heavy (non-hydrogen) atoms. The molecule has 0 aliphatic heterocycles. The summed E-state index contributed by atoms with van der Waals surface area (Å²) < 4.78 is 16.5. The first-order chi connectivity index (χ1) is 13.7. The highest BCUT2D eigenvalue weighted by molar-refractivity contribution is 5.94. The van der Waals surface area contributed by atoms with Gasteiger partial charge in [-0.15, -0.1) is 0 Å². The van der Waals surface area contributed by atoms with Crippen molar-refractivity contribution in [2.24, 2.45) is 0 Å². The van der Waals surface area contributed by atoms with Crippen LogP contribution in [0.15, 0.2) is 48.5 Å². The molecule has 0 bridgehead atoms. The molecule has 0 saturated heterocycles. The van der Waals surface area contributed by atoms with E-state index >= 15 is 0 Å². The van der Waals surface area contributed by atoms with Gasteiger partial charge in [0.05, 0.1) is 23.1 Å². The third-order valence-electron chi connectivity index (χ3n) is 5.58. The molecule has 1 amide bonds. The molecule has 2 aromatic carbocycles. The lowest BCUT2D eigenvalue weighted by molar-refractivity contribution is 0.0731. The molecule has 0 N–H and O–H groups in total. The van der Waals surface area contributed by atoms with Gasteiger partial charge in [-0.1, -0.05) is 44.0 Å². The molecule has 1 heterocycles. The summed E-state index contributed by atoms with van der Waals surface area (Å²) in [5.41, 5.74) is 2.21. The highest BCUT2D eigenvalue weighted by Gasteiger charge is 2.25. The smallest absolute Gasteiger partial charge is 0.257 e. The van der Waals surface area contributed by atoms with Gasteiger partial charge < -0.3 is 9.47 Å². The number of benzene rings is 2. The van der Waals surface area contributed by atoms with E-state index in [1.165, 1.54) is 18.9 Å². The minimum absolute atomic E-state index is 0.125. The van der Waals surface area contributed by atoms with Crippen molar-refractivity contribution in [2.45, 2.75) is 51.6 Å². The van der Waals surface area contributed by atoms with Crippen molar-refractivity contribution in [3.05, 3.63) is 65.7 Å². The molecule has 1 aliphatic carbocycles. The molecule has 1 aromatic heterocycles. The maximum atomic E-state index is 14.2. The monoisotopic (exact) mass is 379 g/mol. The van der Waals surface area contributed by atoms with Crippen molar-refractivity contribution in [3.63, 3.8) is 0 Å². The van der Waals surface area contributed by atoms with Gasteiger partial charge in [-0.05, 0) is 43.5 Å². The largest absolute Gasteiger partial charge is 0.331 e. The van der Waals surface area contributed by atoms with Crippen LogP contribution in [0.3, 0.4) is 0 Å². The summed E-state index contributed by atoms with van der Waals surface area (Å²) in [4.78, 5) is 19.6. The molecule has 0 atom stereocenters. The van der Waals surface area contributed by atoms with Gasteiger partial charge in [-0.3, -0.25) is 4.79 Å². The topological polar surface area (TPSA) is 38.1 Å². The van der Waals surface area contributed by atoms with Crippen molar-refractivity contribution >= 4 is 16.9 Å². The van der Waals surface area contributed by atoms with Gasteiger partial charge in [-0.25, -0.2) is 9.37 Å². The van der Waals surface area contributed by atoms with Crippen LogP contribution in [0, 0.1) is 5.82 Å².